The van der Waals surface area contributed by atoms with Crippen molar-refractivity contribution in [1.82, 2.24) is 4.90 Å². The Morgan fingerprint density at radius 1 is 1.41 bits per heavy atom. The zero-order chi connectivity index (χ0) is 15.9. The summed E-state index contributed by atoms with van der Waals surface area (Å²) in [5, 5.41) is 0.197. The van der Waals surface area contributed by atoms with E-state index in [0.717, 1.165) is 17.9 Å². The molecule has 1 aromatic rings. The van der Waals surface area contributed by atoms with Gasteiger partial charge in [0.15, 0.2) is 0 Å². The van der Waals surface area contributed by atoms with Gasteiger partial charge in [-0.15, -0.1) is 0 Å². The Labute approximate surface area is 135 Å². The van der Waals surface area contributed by atoms with E-state index in [1.54, 1.807) is 18.9 Å². The van der Waals surface area contributed by atoms with Crippen molar-refractivity contribution in [1.29, 1.82) is 0 Å². The molecule has 0 aliphatic carbocycles. The predicted octanol–water partition coefficient (Wildman–Crippen LogP) is 3.08. The third-order valence-electron chi connectivity index (χ3n) is 3.56. The minimum Gasteiger partial charge on any atom is -0.497 e. The Balaban J connectivity index is 1.83. The molecule has 0 N–H and O–H groups in total. The first kappa shape index (κ1) is 16.7. The normalized spacial score (nSPS) is 15.5. The first-order valence-electron chi connectivity index (χ1n) is 7.35. The van der Waals surface area contributed by atoms with Gasteiger partial charge in [0, 0.05) is 17.4 Å². The fraction of sp³-hybridized carbons (Fsp3) is 0.500. The van der Waals surface area contributed by atoms with E-state index in [4.69, 9.17) is 9.47 Å². The zero-order valence-corrected chi connectivity index (χ0v) is 13.7. The number of imide groups is 1. The average Bonchev–Trinajstić information content (AvgIpc) is 2.98. The van der Waals surface area contributed by atoms with Crippen LogP contribution in [-0.2, 0) is 15.3 Å². The van der Waals surface area contributed by atoms with E-state index >= 15 is 0 Å². The first-order chi connectivity index (χ1) is 10.6. The molecular weight excluding hydrogens is 302 g/mol. The Morgan fingerprint density at radius 2 is 2.14 bits per heavy atom. The second-order valence-corrected chi connectivity index (χ2v) is 6.34. The van der Waals surface area contributed by atoms with E-state index in [0.29, 0.717) is 19.6 Å². The number of methoxy groups -OCH3 is 1. The van der Waals surface area contributed by atoms with E-state index in [9.17, 15) is 9.59 Å². The van der Waals surface area contributed by atoms with Gasteiger partial charge >= 0.3 is 6.09 Å². The number of thioether (sulfide) groups is 1. The van der Waals surface area contributed by atoms with Crippen LogP contribution in [-0.4, -0.2) is 42.4 Å². The number of amides is 2. The number of nitrogens with zero attached hydrogens (tertiary/aromatic N) is 1. The molecule has 1 atom stereocenters. The molecule has 0 unspecified atom stereocenters. The van der Waals surface area contributed by atoms with Crippen LogP contribution < -0.4 is 4.74 Å². The second-order valence-electron chi connectivity index (χ2n) is 5.05. The SMILES string of the molecule is CC[C@H](CC(=O)N1CCOC1=O)SCc1ccc(OC)cc1. The van der Waals surface area contributed by atoms with Gasteiger partial charge < -0.3 is 9.47 Å². The smallest absolute Gasteiger partial charge is 0.416 e. The van der Waals surface area contributed by atoms with E-state index < -0.39 is 6.09 Å². The molecule has 0 aromatic heterocycles. The topological polar surface area (TPSA) is 55.8 Å². The quantitative estimate of drug-likeness (QED) is 0.772. The van der Waals surface area contributed by atoms with Gasteiger partial charge in [0.05, 0.1) is 13.7 Å². The molecule has 0 bridgehead atoms. The number of hydrogen-bond donors (Lipinski definition) is 0. The molecule has 1 heterocycles. The highest BCUT2D eigenvalue weighted by molar-refractivity contribution is 7.99. The number of benzene rings is 1. The molecule has 2 amide bonds. The number of hydrogen-bond acceptors (Lipinski definition) is 5. The lowest BCUT2D eigenvalue weighted by atomic mass is 10.2. The fourth-order valence-electron chi connectivity index (χ4n) is 2.18. The lowest BCUT2D eigenvalue weighted by molar-refractivity contribution is -0.127. The zero-order valence-electron chi connectivity index (χ0n) is 12.9. The summed E-state index contributed by atoms with van der Waals surface area (Å²) in [4.78, 5) is 24.7. The van der Waals surface area contributed by atoms with Crippen LogP contribution in [0.25, 0.3) is 0 Å². The standard InChI is InChI=1S/C16H21NO4S/c1-3-14(10-15(18)17-8-9-21-16(17)19)22-11-12-4-6-13(20-2)7-5-12/h4-7,14H,3,8-11H2,1-2H3/t14-/m1/s1. The molecule has 22 heavy (non-hydrogen) atoms. The Hall–Kier alpha value is -1.69. The first-order valence-corrected chi connectivity index (χ1v) is 8.40. The van der Waals surface area contributed by atoms with Crippen LogP contribution in [0, 0.1) is 0 Å². The van der Waals surface area contributed by atoms with E-state index in [1.165, 1.54) is 10.5 Å². The molecule has 1 aromatic carbocycles. The van der Waals surface area contributed by atoms with Gasteiger partial charge in [-0.1, -0.05) is 19.1 Å². The third-order valence-corrected chi connectivity index (χ3v) is 5.04. The molecule has 1 fully saturated rings. The summed E-state index contributed by atoms with van der Waals surface area (Å²) in [6.45, 7) is 2.73. The second kappa shape index (κ2) is 8.08. The van der Waals surface area contributed by atoms with Crippen LogP contribution in [0.4, 0.5) is 4.79 Å². The monoisotopic (exact) mass is 323 g/mol. The average molecular weight is 323 g/mol. The highest BCUT2D eigenvalue weighted by Crippen LogP contribution is 2.25. The van der Waals surface area contributed by atoms with Crippen molar-refractivity contribution < 1.29 is 19.1 Å². The van der Waals surface area contributed by atoms with Crippen LogP contribution in [0.3, 0.4) is 0 Å². The molecule has 0 spiro atoms. The number of carbonyl (C=O) groups is 2. The van der Waals surface area contributed by atoms with Crippen LogP contribution in [0.2, 0.25) is 0 Å². The van der Waals surface area contributed by atoms with E-state index in [1.807, 2.05) is 24.3 Å². The Kier molecular flexibility index (Phi) is 6.12. The van der Waals surface area contributed by atoms with Crippen LogP contribution in [0.15, 0.2) is 24.3 Å². The van der Waals surface area contributed by atoms with Gasteiger partial charge in [-0.2, -0.15) is 11.8 Å². The fourth-order valence-corrected chi connectivity index (χ4v) is 3.30. The minimum atomic E-state index is -0.514. The van der Waals surface area contributed by atoms with Crippen molar-refractivity contribution in [3.63, 3.8) is 0 Å². The summed E-state index contributed by atoms with van der Waals surface area (Å²) in [6, 6.07) is 7.92. The van der Waals surface area contributed by atoms with Crippen molar-refractivity contribution >= 4 is 23.8 Å². The maximum atomic E-state index is 12.1. The van der Waals surface area contributed by atoms with Gasteiger partial charge in [-0.25, -0.2) is 9.69 Å². The lowest BCUT2D eigenvalue weighted by Gasteiger charge is -2.17. The molecule has 0 saturated carbocycles. The molecule has 1 aliphatic rings. The van der Waals surface area contributed by atoms with Crippen molar-refractivity contribution in [2.45, 2.75) is 30.8 Å². The van der Waals surface area contributed by atoms with Gasteiger partial charge in [-0.3, -0.25) is 4.79 Å². The summed E-state index contributed by atoms with van der Waals surface area (Å²) in [5.74, 6) is 1.53. The molecule has 0 radical (unpaired) electrons. The number of ether oxygens (including phenoxy) is 2. The molecule has 1 aliphatic heterocycles. The largest absolute Gasteiger partial charge is 0.497 e. The maximum absolute atomic E-state index is 12.1. The van der Waals surface area contributed by atoms with Gasteiger partial charge in [0.25, 0.3) is 0 Å². The van der Waals surface area contributed by atoms with Crippen molar-refractivity contribution in [3.8, 4) is 5.75 Å². The molecule has 120 valence electrons. The molecule has 2 rings (SSSR count). The number of rotatable bonds is 7. The number of carbonyl (C=O) groups excluding carboxylic acids is 2. The summed E-state index contributed by atoms with van der Waals surface area (Å²) in [6.07, 6.45) is 0.738. The highest BCUT2D eigenvalue weighted by atomic mass is 32.2. The van der Waals surface area contributed by atoms with E-state index in [-0.39, 0.29) is 11.2 Å². The summed E-state index contributed by atoms with van der Waals surface area (Å²) >= 11 is 1.74. The lowest BCUT2D eigenvalue weighted by Crippen LogP contribution is -2.33. The minimum absolute atomic E-state index is 0.142. The Morgan fingerprint density at radius 3 is 2.68 bits per heavy atom. The van der Waals surface area contributed by atoms with Gasteiger partial charge in [0.2, 0.25) is 5.91 Å². The summed E-state index contributed by atoms with van der Waals surface area (Å²) < 4.78 is 9.94. The maximum Gasteiger partial charge on any atom is 0.416 e. The highest BCUT2D eigenvalue weighted by Gasteiger charge is 2.29. The van der Waals surface area contributed by atoms with E-state index in [2.05, 4.69) is 6.92 Å². The summed E-state index contributed by atoms with van der Waals surface area (Å²) in [5.41, 5.74) is 1.19. The van der Waals surface area contributed by atoms with Crippen LogP contribution in [0.5, 0.6) is 5.75 Å². The van der Waals surface area contributed by atoms with Gasteiger partial charge in [0.1, 0.15) is 12.4 Å². The van der Waals surface area contributed by atoms with Crippen molar-refractivity contribution in [2.24, 2.45) is 0 Å². The molecule has 1 saturated heterocycles. The molecule has 6 heteroatoms. The number of cyclic esters (lactones) is 1. The van der Waals surface area contributed by atoms with Crippen molar-refractivity contribution in [2.75, 3.05) is 20.3 Å². The van der Waals surface area contributed by atoms with Crippen molar-refractivity contribution in [3.05, 3.63) is 29.8 Å². The van der Waals surface area contributed by atoms with Crippen LogP contribution in [0.1, 0.15) is 25.3 Å². The predicted molar refractivity (Wildman–Crippen MR) is 86.0 cm³/mol. The van der Waals surface area contributed by atoms with Gasteiger partial charge in [-0.05, 0) is 24.1 Å². The molecular formula is C16H21NO4S. The van der Waals surface area contributed by atoms with Crippen LogP contribution >= 0.6 is 11.8 Å². The third kappa shape index (κ3) is 4.40. The molecule has 5 nitrogen and oxygen atoms in total. The Bertz CT molecular complexity index is 517. The summed E-state index contributed by atoms with van der Waals surface area (Å²) in [7, 11) is 1.64.